The summed E-state index contributed by atoms with van der Waals surface area (Å²) in [7, 11) is 0. The SMILES string of the molecule is CC[C@H]1C(=O)N2C(C(=O)OCc3ccc([N+](=O)[O-])cc3)=CCC[C@H]12. The van der Waals surface area contributed by atoms with Gasteiger partial charge in [0.25, 0.3) is 5.69 Å². The van der Waals surface area contributed by atoms with Gasteiger partial charge in [-0.1, -0.05) is 13.0 Å². The monoisotopic (exact) mass is 330 g/mol. The van der Waals surface area contributed by atoms with E-state index in [1.165, 1.54) is 12.1 Å². The first kappa shape index (κ1) is 16.2. The summed E-state index contributed by atoms with van der Waals surface area (Å²) in [4.78, 5) is 36.1. The summed E-state index contributed by atoms with van der Waals surface area (Å²) >= 11 is 0. The van der Waals surface area contributed by atoms with Crippen molar-refractivity contribution in [3.8, 4) is 0 Å². The molecule has 0 aromatic heterocycles. The Labute approximate surface area is 139 Å². The number of rotatable bonds is 5. The summed E-state index contributed by atoms with van der Waals surface area (Å²) in [6.07, 6.45) is 4.17. The fourth-order valence-corrected chi connectivity index (χ4v) is 3.29. The molecule has 1 saturated heterocycles. The third-order valence-electron chi connectivity index (χ3n) is 4.58. The Balaban J connectivity index is 1.62. The molecule has 1 aromatic carbocycles. The highest BCUT2D eigenvalue weighted by Crippen LogP contribution is 2.39. The molecule has 0 radical (unpaired) electrons. The summed E-state index contributed by atoms with van der Waals surface area (Å²) in [5.74, 6) is -0.530. The van der Waals surface area contributed by atoms with E-state index in [1.54, 1.807) is 23.1 Å². The summed E-state index contributed by atoms with van der Waals surface area (Å²) in [6, 6.07) is 5.93. The molecule has 24 heavy (non-hydrogen) atoms. The summed E-state index contributed by atoms with van der Waals surface area (Å²) < 4.78 is 5.27. The number of allylic oxidation sites excluding steroid dienone is 1. The van der Waals surface area contributed by atoms with Gasteiger partial charge in [0.1, 0.15) is 12.3 Å². The van der Waals surface area contributed by atoms with E-state index >= 15 is 0 Å². The van der Waals surface area contributed by atoms with Crippen molar-refractivity contribution in [3.05, 3.63) is 51.7 Å². The molecule has 2 aliphatic heterocycles. The standard InChI is InChI=1S/C17H18N2O5/c1-2-13-14-4-3-5-15(18(14)16(13)20)17(21)24-10-11-6-8-12(9-7-11)19(22)23/h5-9,13-14H,2-4,10H2,1H3/t13-,14-/m1/s1. The molecule has 0 unspecified atom stereocenters. The maximum atomic E-state index is 12.3. The first-order valence-corrected chi connectivity index (χ1v) is 7.96. The Bertz CT molecular complexity index is 710. The van der Waals surface area contributed by atoms with Crippen molar-refractivity contribution in [2.45, 2.75) is 38.8 Å². The number of esters is 1. The van der Waals surface area contributed by atoms with Crippen LogP contribution in [0.4, 0.5) is 5.69 Å². The van der Waals surface area contributed by atoms with Crippen LogP contribution in [0.1, 0.15) is 31.7 Å². The fraction of sp³-hybridized carbons (Fsp3) is 0.412. The molecule has 7 nitrogen and oxygen atoms in total. The van der Waals surface area contributed by atoms with Crippen LogP contribution < -0.4 is 0 Å². The van der Waals surface area contributed by atoms with Gasteiger partial charge in [0, 0.05) is 18.2 Å². The summed E-state index contributed by atoms with van der Waals surface area (Å²) in [5.41, 5.74) is 0.964. The van der Waals surface area contributed by atoms with E-state index in [4.69, 9.17) is 4.74 Å². The molecule has 126 valence electrons. The number of non-ortho nitro benzene ring substituents is 1. The number of nitro groups is 1. The maximum Gasteiger partial charge on any atom is 0.355 e. The predicted molar refractivity (Wildman–Crippen MR) is 84.6 cm³/mol. The highest BCUT2D eigenvalue weighted by atomic mass is 16.6. The van der Waals surface area contributed by atoms with Gasteiger partial charge >= 0.3 is 5.97 Å². The van der Waals surface area contributed by atoms with Crippen LogP contribution in [0, 0.1) is 16.0 Å². The average Bonchev–Trinajstić information content (AvgIpc) is 2.59. The van der Waals surface area contributed by atoms with Crippen molar-refractivity contribution in [1.82, 2.24) is 4.90 Å². The van der Waals surface area contributed by atoms with E-state index in [0.29, 0.717) is 11.3 Å². The van der Waals surface area contributed by atoms with Crippen molar-refractivity contribution in [2.75, 3.05) is 0 Å². The molecule has 1 fully saturated rings. The number of carbonyl (C=O) groups is 2. The molecular formula is C17H18N2O5. The van der Waals surface area contributed by atoms with Gasteiger partial charge in [-0.25, -0.2) is 4.79 Å². The lowest BCUT2D eigenvalue weighted by atomic mass is 9.79. The lowest BCUT2D eigenvalue weighted by Crippen LogP contribution is -2.61. The molecular weight excluding hydrogens is 312 g/mol. The van der Waals surface area contributed by atoms with Crippen molar-refractivity contribution >= 4 is 17.6 Å². The molecule has 1 aromatic rings. The Morgan fingerprint density at radius 3 is 2.71 bits per heavy atom. The molecule has 0 N–H and O–H groups in total. The lowest BCUT2D eigenvalue weighted by Gasteiger charge is -2.49. The van der Waals surface area contributed by atoms with E-state index in [0.717, 1.165) is 19.3 Å². The minimum Gasteiger partial charge on any atom is -0.456 e. The van der Waals surface area contributed by atoms with Crippen molar-refractivity contribution in [1.29, 1.82) is 0 Å². The smallest absolute Gasteiger partial charge is 0.355 e. The van der Waals surface area contributed by atoms with Crippen LogP contribution in [0.5, 0.6) is 0 Å². The first-order chi connectivity index (χ1) is 11.5. The van der Waals surface area contributed by atoms with E-state index in [-0.39, 0.29) is 30.2 Å². The number of benzene rings is 1. The van der Waals surface area contributed by atoms with Crippen LogP contribution in [0.15, 0.2) is 36.0 Å². The Morgan fingerprint density at radius 2 is 2.08 bits per heavy atom. The highest BCUT2D eigenvalue weighted by Gasteiger charge is 2.50. The van der Waals surface area contributed by atoms with Crippen LogP contribution in [-0.2, 0) is 20.9 Å². The number of nitrogens with zero attached hydrogens (tertiary/aromatic N) is 2. The molecule has 2 aliphatic rings. The van der Waals surface area contributed by atoms with E-state index in [9.17, 15) is 19.7 Å². The molecule has 2 heterocycles. The quantitative estimate of drug-likeness (QED) is 0.358. The van der Waals surface area contributed by atoms with Gasteiger partial charge in [0.15, 0.2) is 0 Å². The number of hydrogen-bond acceptors (Lipinski definition) is 5. The Morgan fingerprint density at radius 1 is 1.38 bits per heavy atom. The van der Waals surface area contributed by atoms with Crippen molar-refractivity contribution in [2.24, 2.45) is 5.92 Å². The zero-order chi connectivity index (χ0) is 17.3. The van der Waals surface area contributed by atoms with Gasteiger partial charge in [-0.3, -0.25) is 14.9 Å². The molecule has 0 saturated carbocycles. The second-order valence-electron chi connectivity index (χ2n) is 5.96. The minimum absolute atomic E-state index is 0.0103. The number of ether oxygens (including phenoxy) is 1. The number of carbonyl (C=O) groups excluding carboxylic acids is 2. The van der Waals surface area contributed by atoms with Gasteiger partial charge in [-0.15, -0.1) is 0 Å². The molecule has 2 atom stereocenters. The normalized spacial score (nSPS) is 22.3. The number of nitro benzene ring substituents is 1. The average molecular weight is 330 g/mol. The number of fused-ring (bicyclic) bond motifs is 1. The third-order valence-corrected chi connectivity index (χ3v) is 4.58. The fourth-order valence-electron chi connectivity index (χ4n) is 3.29. The molecule has 0 spiro atoms. The molecule has 3 rings (SSSR count). The van der Waals surface area contributed by atoms with Crippen LogP contribution in [0.2, 0.25) is 0 Å². The van der Waals surface area contributed by atoms with E-state index in [2.05, 4.69) is 0 Å². The number of hydrogen-bond donors (Lipinski definition) is 0. The summed E-state index contributed by atoms with van der Waals surface area (Å²) in [6.45, 7) is 1.99. The Kier molecular flexibility index (Phi) is 4.33. The second-order valence-corrected chi connectivity index (χ2v) is 5.96. The highest BCUT2D eigenvalue weighted by molar-refractivity contribution is 5.98. The van der Waals surface area contributed by atoms with Crippen LogP contribution in [0.25, 0.3) is 0 Å². The van der Waals surface area contributed by atoms with Gasteiger partial charge in [0.05, 0.1) is 10.8 Å². The van der Waals surface area contributed by atoms with Crippen molar-refractivity contribution in [3.63, 3.8) is 0 Å². The van der Waals surface area contributed by atoms with Gasteiger partial charge in [0.2, 0.25) is 5.91 Å². The lowest BCUT2D eigenvalue weighted by molar-refractivity contribution is -0.384. The van der Waals surface area contributed by atoms with Crippen LogP contribution in [0.3, 0.4) is 0 Å². The van der Waals surface area contributed by atoms with Gasteiger partial charge in [-0.2, -0.15) is 0 Å². The first-order valence-electron chi connectivity index (χ1n) is 7.96. The van der Waals surface area contributed by atoms with Crippen molar-refractivity contribution < 1.29 is 19.2 Å². The molecule has 1 amide bonds. The second kappa shape index (κ2) is 6.43. The molecule has 0 bridgehead atoms. The zero-order valence-corrected chi connectivity index (χ0v) is 13.3. The number of amides is 1. The molecule has 0 aliphatic carbocycles. The zero-order valence-electron chi connectivity index (χ0n) is 13.3. The maximum absolute atomic E-state index is 12.3. The summed E-state index contributed by atoms with van der Waals surface area (Å²) in [5, 5.41) is 10.6. The van der Waals surface area contributed by atoms with E-state index < -0.39 is 10.9 Å². The predicted octanol–water partition coefficient (Wildman–Crippen LogP) is 2.55. The Hall–Kier alpha value is -2.70. The number of β-lactam (4-membered cyclic amide) rings is 1. The van der Waals surface area contributed by atoms with Crippen LogP contribution in [-0.4, -0.2) is 27.7 Å². The minimum atomic E-state index is -0.527. The largest absolute Gasteiger partial charge is 0.456 e. The van der Waals surface area contributed by atoms with E-state index in [1.807, 2.05) is 6.92 Å². The topological polar surface area (TPSA) is 89.8 Å². The molecule has 7 heteroatoms. The third kappa shape index (κ3) is 2.77. The van der Waals surface area contributed by atoms with Gasteiger partial charge in [-0.05, 0) is 37.0 Å². The van der Waals surface area contributed by atoms with Gasteiger partial charge < -0.3 is 9.64 Å². The van der Waals surface area contributed by atoms with Crippen LogP contribution >= 0.6 is 0 Å².